The average molecular weight is 223 g/mol. The topological polar surface area (TPSA) is 21.3 Å². The normalized spacial score (nSPS) is 12.2. The third-order valence-electron chi connectivity index (χ3n) is 2.53. The Kier molecular flexibility index (Phi) is 4.50. The molecule has 0 radical (unpaired) electrons. The predicted molar refractivity (Wildman–Crippen MR) is 64.5 cm³/mol. The fourth-order valence-electron chi connectivity index (χ4n) is 1.56. The number of hydrogen-bond donors (Lipinski definition) is 1. The predicted octanol–water partition coefficient (Wildman–Crippen LogP) is 3.11. The van der Waals surface area contributed by atoms with Crippen LogP contribution in [0.3, 0.4) is 0 Å². The van der Waals surface area contributed by atoms with E-state index in [1.54, 1.807) is 6.07 Å². The molecule has 1 rings (SSSR count). The molecule has 1 unspecified atom stereocenters. The highest BCUT2D eigenvalue weighted by Gasteiger charge is 2.12. The van der Waals surface area contributed by atoms with Crippen molar-refractivity contribution in [3.05, 3.63) is 41.7 Å². The van der Waals surface area contributed by atoms with Crippen molar-refractivity contribution in [2.75, 3.05) is 13.7 Å². The van der Waals surface area contributed by atoms with Crippen LogP contribution >= 0.6 is 0 Å². The fourth-order valence-corrected chi connectivity index (χ4v) is 1.56. The summed E-state index contributed by atoms with van der Waals surface area (Å²) in [6, 6.07) is 4.80. The average Bonchev–Trinajstić information content (AvgIpc) is 2.28. The van der Waals surface area contributed by atoms with Gasteiger partial charge in [0.25, 0.3) is 0 Å². The van der Waals surface area contributed by atoms with Gasteiger partial charge >= 0.3 is 0 Å². The summed E-state index contributed by atoms with van der Waals surface area (Å²) in [5, 5.41) is 3.12. The van der Waals surface area contributed by atoms with Gasteiger partial charge in [-0.25, -0.2) is 4.39 Å². The number of benzene rings is 1. The maximum Gasteiger partial charge on any atom is 0.123 e. The Labute approximate surface area is 96.1 Å². The minimum absolute atomic E-state index is 0.132. The van der Waals surface area contributed by atoms with Gasteiger partial charge in [0, 0.05) is 11.6 Å². The van der Waals surface area contributed by atoms with Crippen LogP contribution in [0.5, 0.6) is 0 Å². The smallest absolute Gasteiger partial charge is 0.123 e. The van der Waals surface area contributed by atoms with Crippen LogP contribution < -0.4 is 5.32 Å². The second-order valence-corrected chi connectivity index (χ2v) is 3.60. The molecule has 0 heterocycles. The summed E-state index contributed by atoms with van der Waals surface area (Å²) in [6.07, 6.45) is 0. The summed E-state index contributed by atoms with van der Waals surface area (Å²) >= 11 is 0. The molecule has 88 valence electrons. The summed E-state index contributed by atoms with van der Waals surface area (Å²) in [7, 11) is 1.86. The zero-order valence-electron chi connectivity index (χ0n) is 10.0. The van der Waals surface area contributed by atoms with Gasteiger partial charge in [-0.05, 0) is 38.6 Å². The third-order valence-corrected chi connectivity index (χ3v) is 2.53. The quantitative estimate of drug-likeness (QED) is 0.774. The molecular weight excluding hydrogens is 205 g/mol. The van der Waals surface area contributed by atoms with Crippen molar-refractivity contribution >= 4 is 5.76 Å². The SMILES string of the molecule is C=C(OCC)c1cc(F)ccc1C(C)NC. The molecule has 1 aromatic carbocycles. The second kappa shape index (κ2) is 5.66. The van der Waals surface area contributed by atoms with E-state index >= 15 is 0 Å². The first-order chi connectivity index (χ1) is 7.60. The van der Waals surface area contributed by atoms with Crippen molar-refractivity contribution in [3.8, 4) is 0 Å². The largest absolute Gasteiger partial charge is 0.494 e. The minimum Gasteiger partial charge on any atom is -0.494 e. The van der Waals surface area contributed by atoms with E-state index in [1.807, 2.05) is 20.9 Å². The van der Waals surface area contributed by atoms with Crippen LogP contribution in [0.15, 0.2) is 24.8 Å². The van der Waals surface area contributed by atoms with Crippen molar-refractivity contribution in [3.63, 3.8) is 0 Å². The molecule has 1 atom stereocenters. The molecule has 3 heteroatoms. The van der Waals surface area contributed by atoms with E-state index in [1.165, 1.54) is 12.1 Å². The van der Waals surface area contributed by atoms with Crippen molar-refractivity contribution < 1.29 is 9.13 Å². The highest BCUT2D eigenvalue weighted by Crippen LogP contribution is 2.25. The summed E-state index contributed by atoms with van der Waals surface area (Å²) in [6.45, 7) is 8.24. The maximum atomic E-state index is 13.2. The highest BCUT2D eigenvalue weighted by atomic mass is 19.1. The van der Waals surface area contributed by atoms with Crippen molar-refractivity contribution in [2.24, 2.45) is 0 Å². The van der Waals surface area contributed by atoms with Gasteiger partial charge in [0.05, 0.1) is 6.61 Å². The Bertz CT molecular complexity index is 376. The molecule has 1 N–H and O–H groups in total. The van der Waals surface area contributed by atoms with E-state index in [2.05, 4.69) is 11.9 Å². The first kappa shape index (κ1) is 12.7. The van der Waals surface area contributed by atoms with E-state index < -0.39 is 0 Å². The zero-order valence-corrected chi connectivity index (χ0v) is 10.0. The number of halogens is 1. The van der Waals surface area contributed by atoms with Crippen LogP contribution in [0, 0.1) is 5.82 Å². The summed E-state index contributed by atoms with van der Waals surface area (Å²) < 4.78 is 18.5. The van der Waals surface area contributed by atoms with Gasteiger partial charge < -0.3 is 10.1 Å². The van der Waals surface area contributed by atoms with Gasteiger partial charge in [0.2, 0.25) is 0 Å². The molecule has 0 aliphatic rings. The lowest BCUT2D eigenvalue weighted by molar-refractivity contribution is 0.298. The maximum absolute atomic E-state index is 13.2. The molecule has 16 heavy (non-hydrogen) atoms. The molecule has 0 saturated carbocycles. The zero-order chi connectivity index (χ0) is 12.1. The van der Waals surface area contributed by atoms with E-state index in [4.69, 9.17) is 4.74 Å². The van der Waals surface area contributed by atoms with Crippen LogP contribution in [-0.4, -0.2) is 13.7 Å². The van der Waals surface area contributed by atoms with E-state index in [0.717, 1.165) is 11.1 Å². The molecule has 0 aliphatic carbocycles. The summed E-state index contributed by atoms with van der Waals surface area (Å²) in [4.78, 5) is 0. The lowest BCUT2D eigenvalue weighted by Gasteiger charge is -2.17. The second-order valence-electron chi connectivity index (χ2n) is 3.60. The Morgan fingerprint density at radius 2 is 2.25 bits per heavy atom. The number of rotatable bonds is 5. The number of ether oxygens (including phenoxy) is 1. The Balaban J connectivity index is 3.12. The van der Waals surface area contributed by atoms with Gasteiger partial charge in [-0.1, -0.05) is 12.6 Å². The van der Waals surface area contributed by atoms with Crippen LogP contribution in [0.2, 0.25) is 0 Å². The molecule has 0 spiro atoms. The Hall–Kier alpha value is -1.35. The number of nitrogens with one attached hydrogen (secondary N) is 1. The first-order valence-electron chi connectivity index (χ1n) is 5.39. The molecule has 0 bridgehead atoms. The van der Waals surface area contributed by atoms with Crippen molar-refractivity contribution in [1.82, 2.24) is 5.32 Å². The monoisotopic (exact) mass is 223 g/mol. The fraction of sp³-hybridized carbons (Fsp3) is 0.385. The third kappa shape index (κ3) is 2.83. The van der Waals surface area contributed by atoms with E-state index in [0.29, 0.717) is 12.4 Å². The molecule has 0 aromatic heterocycles. The Morgan fingerprint density at radius 1 is 1.56 bits per heavy atom. The van der Waals surface area contributed by atoms with Gasteiger partial charge in [-0.15, -0.1) is 0 Å². The minimum atomic E-state index is -0.275. The molecule has 1 aromatic rings. The standard InChI is InChI=1S/C13H18FNO/c1-5-16-10(3)13-8-11(14)6-7-12(13)9(2)15-4/h6-9,15H,3,5H2,1-2,4H3. The van der Waals surface area contributed by atoms with Gasteiger partial charge in [0.15, 0.2) is 0 Å². The van der Waals surface area contributed by atoms with Crippen LogP contribution in [0.25, 0.3) is 5.76 Å². The van der Waals surface area contributed by atoms with Crippen LogP contribution in [0.1, 0.15) is 31.0 Å². The molecule has 0 fully saturated rings. The molecular formula is C13H18FNO. The molecule has 0 aliphatic heterocycles. The van der Waals surface area contributed by atoms with Gasteiger partial charge in [-0.2, -0.15) is 0 Å². The molecule has 2 nitrogen and oxygen atoms in total. The highest BCUT2D eigenvalue weighted by molar-refractivity contribution is 5.61. The first-order valence-corrected chi connectivity index (χ1v) is 5.39. The van der Waals surface area contributed by atoms with Gasteiger partial charge in [-0.3, -0.25) is 0 Å². The summed E-state index contributed by atoms with van der Waals surface area (Å²) in [5.41, 5.74) is 1.71. The van der Waals surface area contributed by atoms with E-state index in [-0.39, 0.29) is 11.9 Å². The lowest BCUT2D eigenvalue weighted by atomic mass is 10.0. The van der Waals surface area contributed by atoms with Crippen LogP contribution in [-0.2, 0) is 4.74 Å². The van der Waals surface area contributed by atoms with E-state index in [9.17, 15) is 4.39 Å². The molecule has 0 amide bonds. The lowest BCUT2D eigenvalue weighted by Crippen LogP contribution is -2.14. The van der Waals surface area contributed by atoms with Crippen LogP contribution in [0.4, 0.5) is 4.39 Å². The summed E-state index contributed by atoms with van der Waals surface area (Å²) in [5.74, 6) is 0.238. The van der Waals surface area contributed by atoms with Crippen molar-refractivity contribution in [2.45, 2.75) is 19.9 Å². The number of hydrogen-bond acceptors (Lipinski definition) is 2. The van der Waals surface area contributed by atoms with Crippen molar-refractivity contribution in [1.29, 1.82) is 0 Å². The molecule has 0 saturated heterocycles. The Morgan fingerprint density at radius 3 is 2.81 bits per heavy atom. The van der Waals surface area contributed by atoms with Gasteiger partial charge in [0.1, 0.15) is 11.6 Å².